The van der Waals surface area contributed by atoms with Crippen molar-refractivity contribution in [2.75, 3.05) is 0 Å². The van der Waals surface area contributed by atoms with Crippen LogP contribution in [0, 0.1) is 12.3 Å². The second kappa shape index (κ2) is 7.25. The summed E-state index contributed by atoms with van der Waals surface area (Å²) in [5, 5.41) is 14.2. The fraction of sp³-hybridized carbons (Fsp3) is 0.733. The number of aryl methyl sites for hydroxylation is 2. The SMILES string of the molecule is CCCCC(CC)(Cc1c(Br)c(C)nn1CC)C(=O)O. The van der Waals surface area contributed by atoms with E-state index in [0.717, 1.165) is 41.7 Å². The first-order valence-electron chi connectivity index (χ1n) is 7.37. The van der Waals surface area contributed by atoms with E-state index in [1.165, 1.54) is 0 Å². The third-order valence-electron chi connectivity index (χ3n) is 4.10. The lowest BCUT2D eigenvalue weighted by molar-refractivity contribution is -0.149. The van der Waals surface area contributed by atoms with Crippen molar-refractivity contribution in [3.05, 3.63) is 15.9 Å². The van der Waals surface area contributed by atoms with Crippen molar-refractivity contribution >= 4 is 21.9 Å². The molecule has 0 fully saturated rings. The molecule has 0 saturated carbocycles. The third kappa shape index (κ3) is 3.43. The monoisotopic (exact) mass is 344 g/mol. The van der Waals surface area contributed by atoms with E-state index in [4.69, 9.17) is 0 Å². The van der Waals surface area contributed by atoms with E-state index in [-0.39, 0.29) is 0 Å². The van der Waals surface area contributed by atoms with E-state index >= 15 is 0 Å². The molecule has 0 saturated heterocycles. The maximum atomic E-state index is 11.8. The number of unbranched alkanes of at least 4 members (excludes halogenated alkanes) is 1. The lowest BCUT2D eigenvalue weighted by Crippen LogP contribution is -2.34. The van der Waals surface area contributed by atoms with Crippen molar-refractivity contribution in [2.45, 2.75) is 66.3 Å². The van der Waals surface area contributed by atoms with Gasteiger partial charge in [-0.05, 0) is 42.6 Å². The van der Waals surface area contributed by atoms with E-state index < -0.39 is 11.4 Å². The van der Waals surface area contributed by atoms with Gasteiger partial charge in [-0.1, -0.05) is 26.7 Å². The number of nitrogens with zero attached hydrogens (tertiary/aromatic N) is 2. The molecule has 5 heteroatoms. The van der Waals surface area contributed by atoms with Gasteiger partial charge in [-0.25, -0.2) is 0 Å². The summed E-state index contributed by atoms with van der Waals surface area (Å²) in [6.45, 7) is 8.80. The summed E-state index contributed by atoms with van der Waals surface area (Å²) in [5.41, 5.74) is 1.25. The first-order chi connectivity index (χ1) is 9.41. The highest BCUT2D eigenvalue weighted by Crippen LogP contribution is 2.36. The number of carbonyl (C=O) groups is 1. The quantitative estimate of drug-likeness (QED) is 0.769. The predicted octanol–water partition coefficient (Wildman–Crippen LogP) is 4.19. The van der Waals surface area contributed by atoms with Gasteiger partial charge in [-0.3, -0.25) is 9.48 Å². The number of aromatic nitrogens is 2. The first-order valence-corrected chi connectivity index (χ1v) is 8.16. The van der Waals surface area contributed by atoms with Crippen LogP contribution in [0.3, 0.4) is 0 Å². The van der Waals surface area contributed by atoms with Crippen LogP contribution < -0.4 is 0 Å². The third-order valence-corrected chi connectivity index (χ3v) is 5.13. The molecule has 1 atom stereocenters. The number of carboxylic acid groups (broad SMARTS) is 1. The van der Waals surface area contributed by atoms with Gasteiger partial charge in [0.15, 0.2) is 0 Å². The zero-order valence-electron chi connectivity index (χ0n) is 12.9. The molecule has 0 amide bonds. The predicted molar refractivity (Wildman–Crippen MR) is 83.9 cm³/mol. The van der Waals surface area contributed by atoms with Crippen LogP contribution in [-0.2, 0) is 17.8 Å². The summed E-state index contributed by atoms with van der Waals surface area (Å²) < 4.78 is 2.87. The van der Waals surface area contributed by atoms with Gasteiger partial charge in [-0.15, -0.1) is 0 Å². The fourth-order valence-corrected chi connectivity index (χ4v) is 3.02. The molecule has 0 radical (unpaired) electrons. The minimum absolute atomic E-state index is 0.536. The van der Waals surface area contributed by atoms with Crippen molar-refractivity contribution in [2.24, 2.45) is 5.41 Å². The normalized spacial score (nSPS) is 14.2. The van der Waals surface area contributed by atoms with E-state index in [0.29, 0.717) is 12.8 Å². The molecule has 1 aromatic heterocycles. The Morgan fingerprint density at radius 1 is 1.40 bits per heavy atom. The summed E-state index contributed by atoms with van der Waals surface area (Å²) in [6.07, 6.45) is 3.85. The largest absolute Gasteiger partial charge is 0.481 e. The lowest BCUT2D eigenvalue weighted by atomic mass is 9.76. The van der Waals surface area contributed by atoms with E-state index in [2.05, 4.69) is 28.0 Å². The minimum Gasteiger partial charge on any atom is -0.481 e. The average Bonchev–Trinajstić information content (AvgIpc) is 2.70. The maximum Gasteiger partial charge on any atom is 0.310 e. The topological polar surface area (TPSA) is 55.1 Å². The summed E-state index contributed by atoms with van der Waals surface area (Å²) >= 11 is 3.56. The van der Waals surface area contributed by atoms with Crippen molar-refractivity contribution in [3.63, 3.8) is 0 Å². The molecule has 0 aliphatic heterocycles. The molecular weight excluding hydrogens is 320 g/mol. The van der Waals surface area contributed by atoms with Crippen LogP contribution in [0.15, 0.2) is 4.47 Å². The fourth-order valence-electron chi connectivity index (χ4n) is 2.60. The van der Waals surface area contributed by atoms with Crippen LogP contribution in [0.5, 0.6) is 0 Å². The second-order valence-electron chi connectivity index (χ2n) is 5.38. The number of rotatable bonds is 8. The molecule has 0 spiro atoms. The zero-order chi connectivity index (χ0) is 15.3. The standard InChI is InChI=1S/C15H25BrN2O2/c1-5-8-9-15(6-2,14(19)20)10-12-13(16)11(4)17-18(12)7-3/h5-10H2,1-4H3,(H,19,20). The number of halogens is 1. The molecule has 0 bridgehead atoms. The van der Waals surface area contributed by atoms with Gasteiger partial charge in [0.2, 0.25) is 0 Å². The summed E-state index contributed by atoms with van der Waals surface area (Å²) in [4.78, 5) is 11.8. The molecule has 0 aromatic carbocycles. The van der Waals surface area contributed by atoms with Gasteiger partial charge in [0.25, 0.3) is 0 Å². The summed E-state index contributed by atoms with van der Waals surface area (Å²) in [5.74, 6) is -0.693. The van der Waals surface area contributed by atoms with Gasteiger partial charge >= 0.3 is 5.97 Å². The van der Waals surface area contributed by atoms with Crippen molar-refractivity contribution in [3.8, 4) is 0 Å². The Labute approximate surface area is 129 Å². The summed E-state index contributed by atoms with van der Waals surface area (Å²) in [7, 11) is 0. The number of hydrogen-bond acceptors (Lipinski definition) is 2. The Morgan fingerprint density at radius 2 is 2.05 bits per heavy atom. The molecule has 114 valence electrons. The molecule has 1 rings (SSSR count). The van der Waals surface area contributed by atoms with Crippen molar-refractivity contribution in [1.29, 1.82) is 0 Å². The van der Waals surface area contributed by atoms with Gasteiger partial charge in [0, 0.05) is 13.0 Å². The van der Waals surface area contributed by atoms with E-state index in [9.17, 15) is 9.90 Å². The minimum atomic E-state index is -0.693. The highest BCUT2D eigenvalue weighted by molar-refractivity contribution is 9.10. The molecule has 1 unspecified atom stereocenters. The molecule has 1 aromatic rings. The van der Waals surface area contributed by atoms with Crippen LogP contribution in [0.25, 0.3) is 0 Å². The number of hydrogen-bond donors (Lipinski definition) is 1. The van der Waals surface area contributed by atoms with Crippen molar-refractivity contribution in [1.82, 2.24) is 9.78 Å². The highest BCUT2D eigenvalue weighted by atomic mass is 79.9. The Kier molecular flexibility index (Phi) is 6.24. The molecule has 20 heavy (non-hydrogen) atoms. The van der Waals surface area contributed by atoms with Gasteiger partial charge in [0.05, 0.1) is 21.3 Å². The molecule has 0 aliphatic rings. The molecule has 1 heterocycles. The van der Waals surface area contributed by atoms with Crippen LogP contribution in [0.1, 0.15) is 57.8 Å². The average molecular weight is 345 g/mol. The van der Waals surface area contributed by atoms with Crippen molar-refractivity contribution < 1.29 is 9.90 Å². The smallest absolute Gasteiger partial charge is 0.310 e. The molecule has 1 N–H and O–H groups in total. The Hall–Kier alpha value is -0.840. The second-order valence-corrected chi connectivity index (χ2v) is 6.17. The number of carboxylic acids is 1. The molecular formula is C15H25BrN2O2. The summed E-state index contributed by atoms with van der Waals surface area (Å²) in [6, 6.07) is 0. The van der Waals surface area contributed by atoms with Crippen LogP contribution in [0.2, 0.25) is 0 Å². The molecule has 4 nitrogen and oxygen atoms in total. The van der Waals surface area contributed by atoms with Gasteiger partial charge in [-0.2, -0.15) is 5.10 Å². The lowest BCUT2D eigenvalue weighted by Gasteiger charge is -2.28. The van der Waals surface area contributed by atoms with Gasteiger partial charge < -0.3 is 5.11 Å². The number of aliphatic carboxylic acids is 1. The molecule has 0 aliphatic carbocycles. The highest BCUT2D eigenvalue weighted by Gasteiger charge is 2.38. The first kappa shape index (κ1) is 17.2. The maximum absolute atomic E-state index is 11.8. The van der Waals surface area contributed by atoms with Crippen LogP contribution in [-0.4, -0.2) is 20.9 Å². The Balaban J connectivity index is 3.15. The van der Waals surface area contributed by atoms with Crippen LogP contribution >= 0.6 is 15.9 Å². The van der Waals surface area contributed by atoms with Gasteiger partial charge in [0.1, 0.15) is 0 Å². The Bertz CT molecular complexity index is 471. The Morgan fingerprint density at radius 3 is 2.50 bits per heavy atom. The van der Waals surface area contributed by atoms with E-state index in [1.807, 2.05) is 25.5 Å². The zero-order valence-corrected chi connectivity index (χ0v) is 14.5. The van der Waals surface area contributed by atoms with E-state index in [1.54, 1.807) is 0 Å². The van der Waals surface area contributed by atoms with Crippen LogP contribution in [0.4, 0.5) is 0 Å².